The number of thiophene rings is 1. The second kappa shape index (κ2) is 8.48. The normalized spacial score (nSPS) is 11.7. The summed E-state index contributed by atoms with van der Waals surface area (Å²) in [7, 11) is 0. The third-order valence-electron chi connectivity index (χ3n) is 3.46. The molecule has 0 radical (unpaired) electrons. The molecule has 0 saturated heterocycles. The summed E-state index contributed by atoms with van der Waals surface area (Å²) in [6.45, 7) is 4.20. The molecule has 2 N–H and O–H groups in total. The highest BCUT2D eigenvalue weighted by Crippen LogP contribution is 2.18. The van der Waals surface area contributed by atoms with Crippen LogP contribution in [0.1, 0.15) is 42.8 Å². The Bertz CT molecular complexity index is 653. The van der Waals surface area contributed by atoms with Crippen LogP contribution in [-0.4, -0.2) is 11.8 Å². The largest absolute Gasteiger partial charge is 0.326 e. The topological polar surface area (TPSA) is 58.2 Å². The lowest BCUT2D eigenvalue weighted by atomic mass is 10.0. The van der Waals surface area contributed by atoms with Crippen LogP contribution in [0.2, 0.25) is 0 Å². The van der Waals surface area contributed by atoms with Crippen molar-refractivity contribution in [3.05, 3.63) is 46.7 Å². The Kier molecular flexibility index (Phi) is 6.35. The van der Waals surface area contributed by atoms with Crippen LogP contribution < -0.4 is 10.6 Å². The molecule has 0 aliphatic carbocycles. The Morgan fingerprint density at radius 3 is 2.52 bits per heavy atom. The molecule has 122 valence electrons. The fourth-order valence-electron chi connectivity index (χ4n) is 2.40. The van der Waals surface area contributed by atoms with Gasteiger partial charge in [-0.3, -0.25) is 9.59 Å². The fourth-order valence-corrected chi connectivity index (χ4v) is 3.02. The molecule has 1 heterocycles. The van der Waals surface area contributed by atoms with E-state index in [9.17, 15) is 9.59 Å². The van der Waals surface area contributed by atoms with Crippen LogP contribution in [-0.2, 0) is 4.79 Å². The van der Waals surface area contributed by atoms with Crippen LogP contribution in [0.15, 0.2) is 41.8 Å². The zero-order chi connectivity index (χ0) is 16.7. The van der Waals surface area contributed by atoms with E-state index >= 15 is 0 Å². The molecular weight excluding hydrogens is 308 g/mol. The van der Waals surface area contributed by atoms with E-state index < -0.39 is 0 Å². The summed E-state index contributed by atoms with van der Waals surface area (Å²) in [5, 5.41) is 7.60. The number of hydrogen-bond acceptors (Lipinski definition) is 3. The van der Waals surface area contributed by atoms with Crippen molar-refractivity contribution >= 4 is 34.5 Å². The maximum Gasteiger partial charge on any atom is 0.265 e. The minimum absolute atomic E-state index is 0.00711. The summed E-state index contributed by atoms with van der Waals surface area (Å²) in [5.74, 6) is 0.245. The molecule has 1 unspecified atom stereocenters. The van der Waals surface area contributed by atoms with Gasteiger partial charge in [0.25, 0.3) is 5.91 Å². The number of nitrogens with one attached hydrogen (secondary N) is 2. The minimum atomic E-state index is -0.139. The van der Waals surface area contributed by atoms with E-state index in [1.807, 2.05) is 23.6 Å². The van der Waals surface area contributed by atoms with Crippen molar-refractivity contribution in [2.24, 2.45) is 5.92 Å². The van der Waals surface area contributed by atoms with E-state index in [4.69, 9.17) is 0 Å². The van der Waals surface area contributed by atoms with Crippen LogP contribution in [0.25, 0.3) is 0 Å². The van der Waals surface area contributed by atoms with Gasteiger partial charge in [-0.05, 0) is 35.6 Å². The molecule has 0 spiro atoms. The molecule has 4 nitrogen and oxygen atoms in total. The van der Waals surface area contributed by atoms with Gasteiger partial charge in [0.05, 0.1) is 4.88 Å². The van der Waals surface area contributed by atoms with Gasteiger partial charge in [-0.2, -0.15) is 0 Å². The maximum absolute atomic E-state index is 12.0. The highest BCUT2D eigenvalue weighted by atomic mass is 32.1. The predicted octanol–water partition coefficient (Wildman–Crippen LogP) is 4.77. The highest BCUT2D eigenvalue weighted by molar-refractivity contribution is 7.12. The zero-order valence-corrected chi connectivity index (χ0v) is 14.3. The Balaban J connectivity index is 1.94. The Morgan fingerprint density at radius 2 is 1.87 bits per heavy atom. The van der Waals surface area contributed by atoms with Crippen molar-refractivity contribution in [2.75, 3.05) is 10.6 Å². The lowest BCUT2D eigenvalue weighted by Gasteiger charge is -2.11. The van der Waals surface area contributed by atoms with Crippen molar-refractivity contribution in [2.45, 2.75) is 33.1 Å². The van der Waals surface area contributed by atoms with Crippen molar-refractivity contribution in [3.8, 4) is 0 Å². The Hall–Kier alpha value is -2.14. The van der Waals surface area contributed by atoms with E-state index in [0.717, 1.165) is 12.8 Å². The summed E-state index contributed by atoms with van der Waals surface area (Å²) in [6, 6.07) is 10.8. The summed E-state index contributed by atoms with van der Waals surface area (Å²) in [5.41, 5.74) is 1.37. The first-order valence-corrected chi connectivity index (χ1v) is 8.71. The van der Waals surface area contributed by atoms with Crippen molar-refractivity contribution in [1.82, 2.24) is 0 Å². The van der Waals surface area contributed by atoms with Gasteiger partial charge in [-0.15, -0.1) is 11.3 Å². The summed E-state index contributed by atoms with van der Waals surface area (Å²) >= 11 is 1.39. The lowest BCUT2D eigenvalue weighted by molar-refractivity contribution is -0.117. The molecule has 1 aromatic carbocycles. The van der Waals surface area contributed by atoms with E-state index in [2.05, 4.69) is 24.5 Å². The SMILES string of the molecule is CCCC(C)CC(=O)Nc1cccc(NC(=O)c2cccs2)c1. The summed E-state index contributed by atoms with van der Waals surface area (Å²) in [4.78, 5) is 24.7. The first-order valence-electron chi connectivity index (χ1n) is 7.83. The first kappa shape index (κ1) is 17.2. The number of carbonyl (C=O) groups excluding carboxylic acids is 2. The molecule has 0 aliphatic rings. The molecule has 5 heteroatoms. The van der Waals surface area contributed by atoms with E-state index in [-0.39, 0.29) is 11.8 Å². The van der Waals surface area contributed by atoms with Crippen molar-refractivity contribution < 1.29 is 9.59 Å². The van der Waals surface area contributed by atoms with Crippen molar-refractivity contribution in [3.63, 3.8) is 0 Å². The van der Waals surface area contributed by atoms with Crippen LogP contribution >= 0.6 is 11.3 Å². The molecule has 0 fully saturated rings. The predicted molar refractivity (Wildman–Crippen MR) is 96.0 cm³/mol. The van der Waals surface area contributed by atoms with E-state index in [1.54, 1.807) is 18.2 Å². The average Bonchev–Trinajstić information content (AvgIpc) is 3.01. The summed E-state index contributed by atoms with van der Waals surface area (Å²) < 4.78 is 0. The molecule has 1 aromatic heterocycles. The number of hydrogen-bond donors (Lipinski definition) is 2. The molecule has 2 rings (SSSR count). The van der Waals surface area contributed by atoms with Crippen molar-refractivity contribution in [1.29, 1.82) is 0 Å². The van der Waals surface area contributed by atoms with Crippen LogP contribution in [0, 0.1) is 5.92 Å². The van der Waals surface area contributed by atoms with Crippen LogP contribution in [0.3, 0.4) is 0 Å². The highest BCUT2D eigenvalue weighted by Gasteiger charge is 2.10. The van der Waals surface area contributed by atoms with E-state index in [1.165, 1.54) is 11.3 Å². The lowest BCUT2D eigenvalue weighted by Crippen LogP contribution is -2.15. The molecule has 0 bridgehead atoms. The van der Waals surface area contributed by atoms with Gasteiger partial charge in [0.1, 0.15) is 0 Å². The van der Waals surface area contributed by atoms with Gasteiger partial charge in [-0.25, -0.2) is 0 Å². The van der Waals surface area contributed by atoms with Crippen LogP contribution in [0.5, 0.6) is 0 Å². The van der Waals surface area contributed by atoms with E-state index in [0.29, 0.717) is 28.6 Å². The third kappa shape index (κ3) is 5.53. The fraction of sp³-hybridized carbons (Fsp3) is 0.333. The van der Waals surface area contributed by atoms with Gasteiger partial charge in [0, 0.05) is 17.8 Å². The third-order valence-corrected chi connectivity index (χ3v) is 4.33. The van der Waals surface area contributed by atoms with Gasteiger partial charge < -0.3 is 10.6 Å². The Labute approximate surface area is 140 Å². The monoisotopic (exact) mass is 330 g/mol. The number of rotatable bonds is 7. The van der Waals surface area contributed by atoms with Gasteiger partial charge in [0.2, 0.25) is 5.91 Å². The van der Waals surface area contributed by atoms with Crippen LogP contribution in [0.4, 0.5) is 11.4 Å². The number of anilines is 2. The molecule has 0 saturated carbocycles. The summed E-state index contributed by atoms with van der Waals surface area (Å²) in [6.07, 6.45) is 2.64. The maximum atomic E-state index is 12.0. The zero-order valence-electron chi connectivity index (χ0n) is 13.5. The van der Waals surface area contributed by atoms with Gasteiger partial charge in [0.15, 0.2) is 0 Å². The molecule has 0 aliphatic heterocycles. The second-order valence-electron chi connectivity index (χ2n) is 5.66. The number of benzene rings is 1. The minimum Gasteiger partial charge on any atom is -0.326 e. The second-order valence-corrected chi connectivity index (χ2v) is 6.61. The van der Waals surface area contributed by atoms with Gasteiger partial charge in [-0.1, -0.05) is 38.8 Å². The number of carbonyl (C=O) groups is 2. The number of amides is 2. The molecular formula is C18H22N2O2S. The molecule has 2 amide bonds. The molecule has 2 aromatic rings. The van der Waals surface area contributed by atoms with Gasteiger partial charge >= 0.3 is 0 Å². The Morgan fingerprint density at radius 1 is 1.13 bits per heavy atom. The molecule has 23 heavy (non-hydrogen) atoms. The smallest absolute Gasteiger partial charge is 0.265 e. The average molecular weight is 330 g/mol. The standard InChI is InChI=1S/C18H22N2O2S/c1-3-6-13(2)11-17(21)19-14-7-4-8-15(12-14)20-18(22)16-9-5-10-23-16/h4-5,7-10,12-13H,3,6,11H2,1-2H3,(H,19,21)(H,20,22). The molecule has 1 atom stereocenters. The quantitative estimate of drug-likeness (QED) is 0.768. The first-order chi connectivity index (χ1) is 11.1.